The van der Waals surface area contributed by atoms with E-state index in [2.05, 4.69) is 0 Å². The van der Waals surface area contributed by atoms with Crippen LogP contribution < -0.4 is 0 Å². The Morgan fingerprint density at radius 2 is 1.74 bits per heavy atom. The molecule has 1 heterocycles. The second kappa shape index (κ2) is 6.11. The molecule has 1 aliphatic rings. The van der Waals surface area contributed by atoms with Crippen LogP contribution in [0.4, 0.5) is 13.2 Å². The summed E-state index contributed by atoms with van der Waals surface area (Å²) in [5.74, 6) is 0. The van der Waals surface area contributed by atoms with Gasteiger partial charge in [0.1, 0.15) is 0 Å². The van der Waals surface area contributed by atoms with Gasteiger partial charge in [-0.25, -0.2) is 8.42 Å². The fraction of sp³-hybridized carbons (Fsp3) is 0.500. The van der Waals surface area contributed by atoms with Gasteiger partial charge in [-0.3, -0.25) is 0 Å². The van der Waals surface area contributed by atoms with Gasteiger partial charge < -0.3 is 5.11 Å². The molecular formula is C14H15F3N2O3S. The third-order valence-electron chi connectivity index (χ3n) is 3.92. The summed E-state index contributed by atoms with van der Waals surface area (Å²) in [5.41, 5.74) is -2.19. The second-order valence-electron chi connectivity index (χ2n) is 5.41. The molecule has 1 fully saturated rings. The maximum Gasteiger partial charge on any atom is 0.417 e. The minimum Gasteiger partial charge on any atom is -0.380 e. The fourth-order valence-corrected chi connectivity index (χ4v) is 3.84. The predicted molar refractivity (Wildman–Crippen MR) is 74.8 cm³/mol. The topological polar surface area (TPSA) is 81.4 Å². The number of rotatable bonds is 3. The summed E-state index contributed by atoms with van der Waals surface area (Å²) in [7, 11) is -3.92. The van der Waals surface area contributed by atoms with Crippen LogP contribution in [0.2, 0.25) is 0 Å². The number of alkyl halides is 3. The Morgan fingerprint density at radius 3 is 2.17 bits per heavy atom. The number of benzene rings is 1. The van der Waals surface area contributed by atoms with Crippen molar-refractivity contribution in [1.82, 2.24) is 4.31 Å². The van der Waals surface area contributed by atoms with E-state index in [-0.39, 0.29) is 11.3 Å². The minimum absolute atomic E-state index is 0.0448. The summed E-state index contributed by atoms with van der Waals surface area (Å²) in [6, 6.07) is 7.57. The summed E-state index contributed by atoms with van der Waals surface area (Å²) in [6.07, 6.45) is -6.02. The Labute approximate surface area is 132 Å². The molecule has 1 aromatic carbocycles. The third kappa shape index (κ3) is 3.49. The lowest BCUT2D eigenvalue weighted by molar-refractivity contribution is -0.270. The molecule has 1 aliphatic heterocycles. The van der Waals surface area contributed by atoms with Crippen LogP contribution in [0.25, 0.3) is 0 Å². The van der Waals surface area contributed by atoms with Gasteiger partial charge in [0.15, 0.2) is 5.60 Å². The number of hydrogen-bond acceptors (Lipinski definition) is 4. The van der Waals surface area contributed by atoms with Crippen molar-refractivity contribution in [1.29, 1.82) is 5.26 Å². The van der Waals surface area contributed by atoms with Crippen molar-refractivity contribution in [3.8, 4) is 6.07 Å². The van der Waals surface area contributed by atoms with Crippen LogP contribution in [0.15, 0.2) is 29.2 Å². The summed E-state index contributed by atoms with van der Waals surface area (Å²) in [4.78, 5) is -0.0448. The molecular weight excluding hydrogens is 333 g/mol. The zero-order valence-electron chi connectivity index (χ0n) is 12.0. The van der Waals surface area contributed by atoms with Crippen LogP contribution in [-0.4, -0.2) is 42.7 Å². The Kier molecular flexibility index (Phi) is 4.71. The number of piperidine rings is 1. The Bertz CT molecular complexity index is 700. The van der Waals surface area contributed by atoms with Crippen LogP contribution >= 0.6 is 0 Å². The van der Waals surface area contributed by atoms with Crippen molar-refractivity contribution in [2.45, 2.75) is 35.9 Å². The van der Waals surface area contributed by atoms with Gasteiger partial charge in [0.2, 0.25) is 10.0 Å². The Balaban J connectivity index is 2.15. The predicted octanol–water partition coefficient (Wildman–Crippen LogP) is 1.83. The largest absolute Gasteiger partial charge is 0.417 e. The zero-order valence-corrected chi connectivity index (χ0v) is 12.9. The summed E-state index contributed by atoms with van der Waals surface area (Å²) >= 11 is 0. The van der Waals surface area contributed by atoms with Gasteiger partial charge in [-0.2, -0.15) is 22.7 Å². The number of nitriles is 1. The molecule has 2 rings (SSSR count). The van der Waals surface area contributed by atoms with E-state index < -0.39 is 47.7 Å². The van der Waals surface area contributed by atoms with Crippen molar-refractivity contribution >= 4 is 10.0 Å². The first-order valence-corrected chi connectivity index (χ1v) is 8.29. The van der Waals surface area contributed by atoms with E-state index >= 15 is 0 Å². The van der Waals surface area contributed by atoms with E-state index in [0.29, 0.717) is 5.56 Å². The van der Waals surface area contributed by atoms with Crippen LogP contribution in [0.3, 0.4) is 0 Å². The number of nitrogens with zero attached hydrogens (tertiary/aromatic N) is 2. The maximum absolute atomic E-state index is 12.7. The van der Waals surface area contributed by atoms with Crippen LogP contribution in [0, 0.1) is 11.3 Å². The first kappa shape index (κ1) is 17.7. The van der Waals surface area contributed by atoms with Gasteiger partial charge in [-0.05, 0) is 30.5 Å². The Morgan fingerprint density at radius 1 is 1.22 bits per heavy atom. The van der Waals surface area contributed by atoms with E-state index in [9.17, 15) is 26.7 Å². The molecule has 0 atom stereocenters. The average molecular weight is 348 g/mol. The normalized spacial score (nSPS) is 19.3. The van der Waals surface area contributed by atoms with E-state index in [1.807, 2.05) is 6.07 Å². The molecule has 0 aromatic heterocycles. The SMILES string of the molecule is N#CCc1ccc(S(=O)(=O)N2CCC(O)(C(F)(F)F)CC2)cc1. The molecule has 1 aromatic rings. The lowest BCUT2D eigenvalue weighted by atomic mass is 9.92. The van der Waals surface area contributed by atoms with Gasteiger partial charge in [0, 0.05) is 13.1 Å². The monoisotopic (exact) mass is 348 g/mol. The number of aliphatic hydroxyl groups is 1. The van der Waals surface area contributed by atoms with E-state index in [1.54, 1.807) is 0 Å². The van der Waals surface area contributed by atoms with Gasteiger partial charge >= 0.3 is 6.18 Å². The number of hydrogen-bond donors (Lipinski definition) is 1. The maximum atomic E-state index is 12.7. The summed E-state index contributed by atoms with van der Waals surface area (Å²) in [5, 5.41) is 18.2. The molecule has 1 N–H and O–H groups in total. The van der Waals surface area contributed by atoms with Gasteiger partial charge in [0.25, 0.3) is 0 Å². The van der Waals surface area contributed by atoms with Crippen LogP contribution in [0.5, 0.6) is 0 Å². The van der Waals surface area contributed by atoms with Gasteiger partial charge in [-0.1, -0.05) is 12.1 Å². The molecule has 0 saturated carbocycles. The van der Waals surface area contributed by atoms with Crippen molar-refractivity contribution in [2.24, 2.45) is 0 Å². The van der Waals surface area contributed by atoms with Gasteiger partial charge in [-0.15, -0.1) is 0 Å². The highest BCUT2D eigenvalue weighted by atomic mass is 32.2. The molecule has 5 nitrogen and oxygen atoms in total. The molecule has 0 radical (unpaired) electrons. The van der Waals surface area contributed by atoms with E-state index in [4.69, 9.17) is 5.26 Å². The molecule has 23 heavy (non-hydrogen) atoms. The van der Waals surface area contributed by atoms with Crippen LogP contribution in [-0.2, 0) is 16.4 Å². The Hall–Kier alpha value is -1.63. The molecule has 0 unspecified atom stereocenters. The molecule has 9 heteroatoms. The molecule has 0 spiro atoms. The highest BCUT2D eigenvalue weighted by Gasteiger charge is 2.55. The molecule has 126 valence electrons. The first-order valence-electron chi connectivity index (χ1n) is 6.85. The summed E-state index contributed by atoms with van der Waals surface area (Å²) in [6.45, 7) is -0.809. The lowest BCUT2D eigenvalue weighted by Crippen LogP contribution is -2.54. The van der Waals surface area contributed by atoms with Crippen molar-refractivity contribution < 1.29 is 26.7 Å². The minimum atomic E-state index is -4.78. The fourth-order valence-electron chi connectivity index (χ4n) is 2.40. The molecule has 0 amide bonds. The lowest BCUT2D eigenvalue weighted by Gasteiger charge is -2.38. The van der Waals surface area contributed by atoms with Crippen molar-refractivity contribution in [2.75, 3.05) is 13.1 Å². The quantitative estimate of drug-likeness (QED) is 0.904. The number of halogens is 3. The highest BCUT2D eigenvalue weighted by molar-refractivity contribution is 7.89. The van der Waals surface area contributed by atoms with Crippen molar-refractivity contribution in [3.05, 3.63) is 29.8 Å². The standard InChI is InChI=1S/C14H15F3N2O3S/c15-14(16,17)13(20)6-9-19(10-7-13)23(21,22)12-3-1-11(2-4-12)5-8-18/h1-4,20H,5-7,9-10H2. The van der Waals surface area contributed by atoms with Crippen LogP contribution in [0.1, 0.15) is 18.4 Å². The number of sulfonamides is 1. The third-order valence-corrected chi connectivity index (χ3v) is 5.83. The smallest absolute Gasteiger partial charge is 0.380 e. The summed E-state index contributed by atoms with van der Waals surface area (Å²) < 4.78 is 64.0. The average Bonchev–Trinajstić information content (AvgIpc) is 2.47. The van der Waals surface area contributed by atoms with Gasteiger partial charge in [0.05, 0.1) is 17.4 Å². The molecule has 0 bridgehead atoms. The molecule has 1 saturated heterocycles. The second-order valence-corrected chi connectivity index (χ2v) is 7.35. The van der Waals surface area contributed by atoms with E-state index in [0.717, 1.165) is 4.31 Å². The molecule has 0 aliphatic carbocycles. The van der Waals surface area contributed by atoms with E-state index in [1.165, 1.54) is 24.3 Å². The first-order chi connectivity index (χ1) is 10.6. The highest BCUT2D eigenvalue weighted by Crippen LogP contribution is 2.39. The van der Waals surface area contributed by atoms with Crippen molar-refractivity contribution in [3.63, 3.8) is 0 Å². The zero-order chi connectivity index (χ0) is 17.3.